The molecule has 0 saturated heterocycles. The van der Waals surface area contributed by atoms with Gasteiger partial charge in [-0.15, -0.1) is 0 Å². The van der Waals surface area contributed by atoms with Gasteiger partial charge < -0.3 is 15.8 Å². The third kappa shape index (κ3) is 7.58. The molecule has 3 N–H and O–H groups in total. The van der Waals surface area contributed by atoms with E-state index in [9.17, 15) is 4.79 Å². The quantitative estimate of drug-likeness (QED) is 0.470. The number of hydrogen-bond acceptors (Lipinski definition) is 4. The number of methoxy groups -OCH3 is 1. The molecule has 0 aliphatic rings. The summed E-state index contributed by atoms with van der Waals surface area (Å²) in [5.74, 6) is 0.00248. The first kappa shape index (κ1) is 17.3. The second-order valence-electron chi connectivity index (χ2n) is 5.08. The van der Waals surface area contributed by atoms with Gasteiger partial charge in [-0.1, -0.05) is 26.1 Å². The van der Waals surface area contributed by atoms with Crippen molar-refractivity contribution in [3.8, 4) is 0 Å². The van der Waals surface area contributed by atoms with Gasteiger partial charge in [-0.2, -0.15) is 0 Å². The molecule has 0 radical (unpaired) electrons. The van der Waals surface area contributed by atoms with Crippen LogP contribution in [-0.2, 0) is 9.53 Å². The Hall–Kier alpha value is -0.720. The molecule has 106 valence electrons. The van der Waals surface area contributed by atoms with Gasteiger partial charge in [0, 0.05) is 19.1 Å². The molecule has 0 fully saturated rings. The number of likely N-dealkylation sites (N-methyl/N-ethyl adjacent to an activating group) is 1. The molecule has 0 unspecified atom stereocenters. The van der Waals surface area contributed by atoms with Crippen molar-refractivity contribution in [1.82, 2.24) is 10.2 Å². The molecule has 0 heterocycles. The number of carbonyl (C=O) groups excluding carboxylic acids is 1. The van der Waals surface area contributed by atoms with Crippen LogP contribution >= 0.6 is 12.2 Å². The maximum atomic E-state index is 11.5. The van der Waals surface area contributed by atoms with Crippen molar-refractivity contribution in [2.75, 3.05) is 40.4 Å². The number of nitrogens with one attached hydrogen (secondary N) is 1. The van der Waals surface area contributed by atoms with E-state index in [1.165, 1.54) is 0 Å². The van der Waals surface area contributed by atoms with Gasteiger partial charge in [-0.25, -0.2) is 0 Å². The van der Waals surface area contributed by atoms with Crippen LogP contribution in [0.25, 0.3) is 0 Å². The van der Waals surface area contributed by atoms with Crippen molar-refractivity contribution in [3.63, 3.8) is 0 Å². The molecule has 0 aliphatic carbocycles. The Balaban J connectivity index is 3.87. The van der Waals surface area contributed by atoms with Crippen molar-refractivity contribution in [2.45, 2.75) is 20.3 Å². The zero-order chi connectivity index (χ0) is 14.2. The Morgan fingerprint density at radius 3 is 2.61 bits per heavy atom. The van der Waals surface area contributed by atoms with E-state index >= 15 is 0 Å². The lowest BCUT2D eigenvalue weighted by atomic mass is 9.89. The van der Waals surface area contributed by atoms with Gasteiger partial charge in [0.25, 0.3) is 0 Å². The first-order valence-corrected chi connectivity index (χ1v) is 6.44. The van der Waals surface area contributed by atoms with Gasteiger partial charge >= 0.3 is 0 Å². The summed E-state index contributed by atoms with van der Waals surface area (Å²) in [7, 11) is 3.52. The van der Waals surface area contributed by atoms with Crippen LogP contribution in [0.4, 0.5) is 0 Å². The fourth-order valence-corrected chi connectivity index (χ4v) is 1.37. The summed E-state index contributed by atoms with van der Waals surface area (Å²) in [4.78, 5) is 14.0. The van der Waals surface area contributed by atoms with E-state index in [0.717, 1.165) is 13.0 Å². The molecule has 5 nitrogen and oxygen atoms in total. The summed E-state index contributed by atoms with van der Waals surface area (Å²) in [5, 5.41) is 2.78. The van der Waals surface area contributed by atoms with E-state index in [1.807, 2.05) is 25.8 Å². The highest BCUT2D eigenvalue weighted by molar-refractivity contribution is 7.80. The van der Waals surface area contributed by atoms with E-state index in [4.69, 9.17) is 22.7 Å². The average Bonchev–Trinajstić information content (AvgIpc) is 2.26. The molecule has 0 spiro atoms. The van der Waals surface area contributed by atoms with Crippen molar-refractivity contribution in [3.05, 3.63) is 0 Å². The highest BCUT2D eigenvalue weighted by atomic mass is 32.1. The molecule has 0 atom stereocenters. The minimum Gasteiger partial charge on any atom is -0.393 e. The molecule has 0 aliphatic heterocycles. The summed E-state index contributed by atoms with van der Waals surface area (Å²) in [6.45, 7) is 6.26. The van der Waals surface area contributed by atoms with Gasteiger partial charge in [0.15, 0.2) is 0 Å². The van der Waals surface area contributed by atoms with Crippen LogP contribution < -0.4 is 11.1 Å². The molecule has 0 bridgehead atoms. The minimum atomic E-state index is -0.171. The van der Waals surface area contributed by atoms with Crippen LogP contribution in [0.15, 0.2) is 0 Å². The van der Waals surface area contributed by atoms with Gasteiger partial charge in [-0.3, -0.25) is 9.69 Å². The molecule has 0 rings (SSSR count). The van der Waals surface area contributed by atoms with Crippen LogP contribution in [-0.4, -0.2) is 56.2 Å². The maximum absolute atomic E-state index is 11.5. The Morgan fingerprint density at radius 1 is 1.50 bits per heavy atom. The maximum Gasteiger partial charge on any atom is 0.234 e. The smallest absolute Gasteiger partial charge is 0.234 e. The summed E-state index contributed by atoms with van der Waals surface area (Å²) < 4.78 is 4.86. The molecule has 0 aromatic carbocycles. The largest absolute Gasteiger partial charge is 0.393 e. The Labute approximate surface area is 115 Å². The van der Waals surface area contributed by atoms with Crippen LogP contribution in [0.3, 0.4) is 0 Å². The number of ether oxygens (including phenoxy) is 1. The second kappa shape index (κ2) is 8.39. The van der Waals surface area contributed by atoms with Gasteiger partial charge in [0.05, 0.1) is 18.1 Å². The summed E-state index contributed by atoms with van der Waals surface area (Å²) in [6.07, 6.45) is 0.837. The molecule has 18 heavy (non-hydrogen) atoms. The number of nitrogens with two attached hydrogens (primary N) is 1. The monoisotopic (exact) mass is 275 g/mol. The third-order valence-electron chi connectivity index (χ3n) is 2.83. The Bertz CT molecular complexity index is 282. The SMILES string of the molecule is COCCNC(=O)CN(C)CCC(C)(C)C(N)=S. The number of thiocarbonyl (C=S) groups is 1. The van der Waals surface area contributed by atoms with E-state index < -0.39 is 0 Å². The molecular formula is C12H25N3O2S. The highest BCUT2D eigenvalue weighted by Gasteiger charge is 2.21. The first-order valence-electron chi connectivity index (χ1n) is 6.03. The number of carbonyl (C=O) groups is 1. The molecule has 0 aromatic rings. The van der Waals surface area contributed by atoms with Crippen LogP contribution in [0.2, 0.25) is 0 Å². The predicted molar refractivity (Wildman–Crippen MR) is 77.6 cm³/mol. The summed E-state index contributed by atoms with van der Waals surface area (Å²) >= 11 is 5.01. The highest BCUT2D eigenvalue weighted by Crippen LogP contribution is 2.20. The summed E-state index contributed by atoms with van der Waals surface area (Å²) in [5.41, 5.74) is 5.49. The Morgan fingerprint density at radius 2 is 2.11 bits per heavy atom. The number of nitrogens with zero attached hydrogens (tertiary/aromatic N) is 1. The number of amides is 1. The molecular weight excluding hydrogens is 250 g/mol. The Kier molecular flexibility index (Phi) is 8.06. The lowest BCUT2D eigenvalue weighted by Crippen LogP contribution is -2.39. The number of hydrogen-bond donors (Lipinski definition) is 2. The molecule has 0 saturated carbocycles. The lowest BCUT2D eigenvalue weighted by Gasteiger charge is -2.26. The van der Waals surface area contributed by atoms with Crippen LogP contribution in [0.1, 0.15) is 20.3 Å². The standard InChI is InChI=1S/C12H25N3O2S/c1-12(2,11(13)18)5-7-15(3)9-10(16)14-6-8-17-4/h5-9H2,1-4H3,(H2,13,18)(H,14,16). The summed E-state index contributed by atoms with van der Waals surface area (Å²) in [6, 6.07) is 0. The van der Waals surface area contributed by atoms with E-state index in [0.29, 0.717) is 24.7 Å². The van der Waals surface area contributed by atoms with Crippen LogP contribution in [0.5, 0.6) is 0 Å². The fraction of sp³-hybridized carbons (Fsp3) is 0.833. The van der Waals surface area contributed by atoms with Gasteiger partial charge in [0.1, 0.15) is 0 Å². The zero-order valence-corrected chi connectivity index (χ0v) is 12.6. The number of rotatable bonds is 9. The molecule has 1 amide bonds. The molecule has 6 heteroatoms. The lowest BCUT2D eigenvalue weighted by molar-refractivity contribution is -0.122. The topological polar surface area (TPSA) is 67.6 Å². The van der Waals surface area contributed by atoms with E-state index in [-0.39, 0.29) is 11.3 Å². The second-order valence-corrected chi connectivity index (χ2v) is 5.52. The third-order valence-corrected chi connectivity index (χ3v) is 3.38. The minimum absolute atomic E-state index is 0.00248. The normalized spacial score (nSPS) is 11.6. The van der Waals surface area contributed by atoms with Crippen molar-refractivity contribution < 1.29 is 9.53 Å². The van der Waals surface area contributed by atoms with Crippen molar-refractivity contribution in [1.29, 1.82) is 0 Å². The van der Waals surface area contributed by atoms with E-state index in [2.05, 4.69) is 5.32 Å². The molecule has 0 aromatic heterocycles. The van der Waals surface area contributed by atoms with Gasteiger partial charge in [0.2, 0.25) is 5.91 Å². The predicted octanol–water partition coefficient (Wildman–Crippen LogP) is 0.383. The fourth-order valence-electron chi connectivity index (χ4n) is 1.27. The van der Waals surface area contributed by atoms with E-state index in [1.54, 1.807) is 7.11 Å². The zero-order valence-electron chi connectivity index (χ0n) is 11.8. The average molecular weight is 275 g/mol. The van der Waals surface area contributed by atoms with Gasteiger partial charge in [-0.05, 0) is 20.0 Å². The first-order chi connectivity index (χ1) is 8.29. The van der Waals surface area contributed by atoms with Crippen molar-refractivity contribution in [2.24, 2.45) is 11.1 Å². The van der Waals surface area contributed by atoms with Crippen molar-refractivity contribution >= 4 is 23.1 Å². The van der Waals surface area contributed by atoms with Crippen LogP contribution in [0, 0.1) is 5.41 Å².